The zero-order chi connectivity index (χ0) is 16.4. The van der Waals surface area contributed by atoms with E-state index in [4.69, 9.17) is 0 Å². The summed E-state index contributed by atoms with van der Waals surface area (Å²) < 4.78 is 0. The van der Waals surface area contributed by atoms with Crippen molar-refractivity contribution in [2.75, 3.05) is 13.6 Å². The van der Waals surface area contributed by atoms with Crippen molar-refractivity contribution >= 4 is 47.2 Å². The van der Waals surface area contributed by atoms with Gasteiger partial charge in [-0.15, -0.1) is 35.3 Å². The van der Waals surface area contributed by atoms with E-state index in [9.17, 15) is 4.79 Å². The molecule has 5 nitrogen and oxygen atoms in total. The van der Waals surface area contributed by atoms with E-state index in [0.717, 1.165) is 25.3 Å². The monoisotopic (exact) mass is 452 g/mol. The number of guanidine groups is 1. The predicted octanol–water partition coefficient (Wildman–Crippen LogP) is 2.90. The molecule has 0 spiro atoms. The summed E-state index contributed by atoms with van der Waals surface area (Å²) in [6, 6.07) is 4.54. The number of aryl methyl sites for hydroxylation is 1. The van der Waals surface area contributed by atoms with Gasteiger partial charge in [-0.3, -0.25) is 9.79 Å². The van der Waals surface area contributed by atoms with E-state index in [1.54, 1.807) is 7.05 Å². The maximum atomic E-state index is 11.7. The minimum atomic E-state index is 0. The van der Waals surface area contributed by atoms with Crippen LogP contribution in [0.25, 0.3) is 0 Å². The van der Waals surface area contributed by atoms with Crippen LogP contribution in [0.3, 0.4) is 0 Å². The van der Waals surface area contributed by atoms with E-state index in [1.165, 1.54) is 9.75 Å². The lowest BCUT2D eigenvalue weighted by atomic mass is 10.2. The third kappa shape index (κ3) is 9.14. The number of rotatable bonds is 8. The van der Waals surface area contributed by atoms with Crippen LogP contribution in [0.1, 0.15) is 43.4 Å². The van der Waals surface area contributed by atoms with Crippen molar-refractivity contribution in [3.05, 3.63) is 21.9 Å². The van der Waals surface area contributed by atoms with Gasteiger partial charge in [0.25, 0.3) is 0 Å². The number of hydrogen-bond acceptors (Lipinski definition) is 3. The number of hydrogen-bond donors (Lipinski definition) is 3. The molecule has 0 saturated carbocycles. The molecule has 1 atom stereocenters. The molecule has 0 aromatic carbocycles. The van der Waals surface area contributed by atoms with Gasteiger partial charge in [-0.1, -0.05) is 13.8 Å². The van der Waals surface area contributed by atoms with Crippen LogP contribution in [0.4, 0.5) is 0 Å². The highest BCUT2D eigenvalue weighted by Gasteiger charge is 2.06. The highest BCUT2D eigenvalue weighted by Crippen LogP contribution is 2.16. The summed E-state index contributed by atoms with van der Waals surface area (Å²) in [5.41, 5.74) is 0. The van der Waals surface area contributed by atoms with E-state index < -0.39 is 0 Å². The molecular formula is C16H29IN4OS. The number of carbonyl (C=O) groups is 1. The summed E-state index contributed by atoms with van der Waals surface area (Å²) in [5.74, 6) is 0.797. The maximum Gasteiger partial charge on any atom is 0.221 e. The molecule has 132 valence electrons. The smallest absolute Gasteiger partial charge is 0.221 e. The summed E-state index contributed by atoms with van der Waals surface area (Å²) in [4.78, 5) is 18.5. The molecule has 0 radical (unpaired) electrons. The van der Waals surface area contributed by atoms with Gasteiger partial charge in [0.15, 0.2) is 5.96 Å². The standard InChI is InChI=1S/C16H28N4OS.HI/c1-5-12(3)20-15(21)9-10-18-16(17-4)19-11-14-8-7-13(6-2)22-14;/h7-8,12H,5-6,9-11H2,1-4H3,(H,20,21)(H2,17,18,19);1H. The van der Waals surface area contributed by atoms with Crippen molar-refractivity contribution in [2.45, 2.75) is 52.6 Å². The zero-order valence-electron chi connectivity index (χ0n) is 14.4. The number of amides is 1. The molecule has 3 N–H and O–H groups in total. The Morgan fingerprint density at radius 2 is 1.96 bits per heavy atom. The molecule has 23 heavy (non-hydrogen) atoms. The van der Waals surface area contributed by atoms with Crippen LogP contribution in [0.5, 0.6) is 0 Å². The Balaban J connectivity index is 0.00000484. The SMILES string of the molecule is CCc1ccc(CNC(=NC)NCCC(=O)NC(C)CC)s1.I. The van der Waals surface area contributed by atoms with Gasteiger partial charge >= 0.3 is 0 Å². The van der Waals surface area contributed by atoms with E-state index in [-0.39, 0.29) is 35.9 Å². The van der Waals surface area contributed by atoms with Crippen LogP contribution in [0, 0.1) is 0 Å². The van der Waals surface area contributed by atoms with E-state index >= 15 is 0 Å². The molecular weight excluding hydrogens is 423 g/mol. The van der Waals surface area contributed by atoms with Crippen LogP contribution in [-0.2, 0) is 17.8 Å². The fraction of sp³-hybridized carbons (Fsp3) is 0.625. The summed E-state index contributed by atoms with van der Waals surface area (Å²) in [5, 5.41) is 9.38. The number of nitrogens with one attached hydrogen (secondary N) is 3. The molecule has 0 bridgehead atoms. The van der Waals surface area contributed by atoms with Crippen LogP contribution < -0.4 is 16.0 Å². The molecule has 1 aromatic heterocycles. The molecule has 1 heterocycles. The summed E-state index contributed by atoms with van der Waals surface area (Å²) in [7, 11) is 1.74. The molecule has 0 aliphatic heterocycles. The second-order valence-corrected chi connectivity index (χ2v) is 6.45. The summed E-state index contributed by atoms with van der Waals surface area (Å²) in [6.07, 6.45) is 2.47. The van der Waals surface area contributed by atoms with E-state index in [2.05, 4.69) is 46.9 Å². The molecule has 0 aliphatic carbocycles. The second kappa shape index (κ2) is 12.6. The topological polar surface area (TPSA) is 65.5 Å². The highest BCUT2D eigenvalue weighted by atomic mass is 127. The Hall–Kier alpha value is -0.830. The summed E-state index contributed by atoms with van der Waals surface area (Å²) >= 11 is 1.81. The van der Waals surface area contributed by atoms with Gasteiger partial charge in [0.1, 0.15) is 0 Å². The second-order valence-electron chi connectivity index (χ2n) is 5.20. The normalized spacial score (nSPS) is 12.3. The first kappa shape index (κ1) is 22.2. The minimum Gasteiger partial charge on any atom is -0.356 e. The van der Waals surface area contributed by atoms with Crippen molar-refractivity contribution < 1.29 is 4.79 Å². The highest BCUT2D eigenvalue weighted by molar-refractivity contribution is 14.0. The molecule has 0 fully saturated rings. The Morgan fingerprint density at radius 1 is 1.26 bits per heavy atom. The molecule has 1 amide bonds. The molecule has 1 unspecified atom stereocenters. The van der Waals surface area contributed by atoms with Gasteiger partial charge in [-0.05, 0) is 31.9 Å². The van der Waals surface area contributed by atoms with Crippen molar-refractivity contribution in [1.29, 1.82) is 0 Å². The molecule has 0 saturated heterocycles. The van der Waals surface area contributed by atoms with Gasteiger partial charge in [-0.2, -0.15) is 0 Å². The van der Waals surface area contributed by atoms with Crippen molar-refractivity contribution in [3.8, 4) is 0 Å². The minimum absolute atomic E-state index is 0. The quantitative estimate of drug-likeness (QED) is 0.323. The lowest BCUT2D eigenvalue weighted by Gasteiger charge is -2.13. The Kier molecular flexibility index (Phi) is 12.1. The van der Waals surface area contributed by atoms with E-state index in [1.807, 2.05) is 18.3 Å². The first-order valence-electron chi connectivity index (χ1n) is 7.90. The molecule has 0 aliphatic rings. The molecule has 1 aromatic rings. The van der Waals surface area contributed by atoms with Crippen LogP contribution >= 0.6 is 35.3 Å². The summed E-state index contributed by atoms with van der Waals surface area (Å²) in [6.45, 7) is 7.56. The fourth-order valence-corrected chi connectivity index (χ4v) is 2.74. The average molecular weight is 452 g/mol. The number of nitrogens with zero attached hydrogens (tertiary/aromatic N) is 1. The lowest BCUT2D eigenvalue weighted by molar-refractivity contribution is -0.121. The first-order chi connectivity index (χ1) is 10.6. The van der Waals surface area contributed by atoms with Gasteiger partial charge in [0, 0.05) is 35.8 Å². The largest absolute Gasteiger partial charge is 0.356 e. The number of carbonyl (C=O) groups excluding carboxylic acids is 1. The van der Waals surface area contributed by atoms with Gasteiger partial charge in [0.05, 0.1) is 6.54 Å². The Labute approximate surface area is 160 Å². The zero-order valence-corrected chi connectivity index (χ0v) is 17.6. The number of halogens is 1. The maximum absolute atomic E-state index is 11.7. The van der Waals surface area contributed by atoms with E-state index in [0.29, 0.717) is 13.0 Å². The number of aliphatic imine (C=N–C) groups is 1. The van der Waals surface area contributed by atoms with Gasteiger partial charge in [-0.25, -0.2) is 0 Å². The molecule has 7 heteroatoms. The Bertz CT molecular complexity index is 490. The Morgan fingerprint density at radius 3 is 2.52 bits per heavy atom. The third-order valence-electron chi connectivity index (χ3n) is 3.38. The number of thiophene rings is 1. The lowest BCUT2D eigenvalue weighted by Crippen LogP contribution is -2.39. The van der Waals surface area contributed by atoms with Crippen LogP contribution in [-0.4, -0.2) is 31.5 Å². The van der Waals surface area contributed by atoms with Gasteiger partial charge in [0.2, 0.25) is 5.91 Å². The predicted molar refractivity (Wildman–Crippen MR) is 110 cm³/mol. The van der Waals surface area contributed by atoms with Crippen LogP contribution in [0.15, 0.2) is 17.1 Å². The van der Waals surface area contributed by atoms with Crippen molar-refractivity contribution in [1.82, 2.24) is 16.0 Å². The fourth-order valence-electron chi connectivity index (χ4n) is 1.84. The van der Waals surface area contributed by atoms with Gasteiger partial charge < -0.3 is 16.0 Å². The van der Waals surface area contributed by atoms with Crippen LogP contribution in [0.2, 0.25) is 0 Å². The average Bonchev–Trinajstić information content (AvgIpc) is 2.98. The van der Waals surface area contributed by atoms with Crippen molar-refractivity contribution in [2.24, 2.45) is 4.99 Å². The third-order valence-corrected chi connectivity index (χ3v) is 4.61. The van der Waals surface area contributed by atoms with Crippen molar-refractivity contribution in [3.63, 3.8) is 0 Å². The first-order valence-corrected chi connectivity index (χ1v) is 8.72. The molecule has 1 rings (SSSR count).